The number of likely N-dealkylation sites (N-methyl/N-ethyl adjacent to an activating group) is 1. The van der Waals surface area contributed by atoms with Crippen LogP contribution in [0.25, 0.3) is 5.65 Å². The average molecular weight is 800 g/mol. The summed E-state index contributed by atoms with van der Waals surface area (Å²) in [4.78, 5) is 63.2. The molecule has 0 aliphatic carbocycles. The number of nitrogens with zero attached hydrogens (tertiary/aromatic N) is 6. The minimum Gasteiger partial charge on any atom is -0.492 e. The number of hydrogen-bond donors (Lipinski definition) is 3. The SMILES string of the molecule is CN1C[C@H](Nc2nc3ccccn3c(=O)c2Br)C[C@H](c2ccc(OCCN3CCN(c4cccc5c4C(O)N(C4CCC(=O)NC4=O)C5=O)CC3)cc2)C1. The predicted molar refractivity (Wildman–Crippen MR) is 206 cm³/mol. The lowest BCUT2D eigenvalue weighted by Gasteiger charge is -2.37. The molecular weight excluding hydrogens is 756 g/mol. The van der Waals surface area contributed by atoms with Crippen LogP contribution in [0.2, 0.25) is 0 Å². The molecule has 3 amide bonds. The summed E-state index contributed by atoms with van der Waals surface area (Å²) in [6.07, 6.45) is 1.67. The second-order valence-electron chi connectivity index (χ2n) is 14.5. The smallest absolute Gasteiger partial charge is 0.274 e. The summed E-state index contributed by atoms with van der Waals surface area (Å²) in [5, 5.41) is 17.1. The van der Waals surface area contributed by atoms with Crippen molar-refractivity contribution in [2.45, 2.75) is 43.5 Å². The number of carbonyl (C=O) groups excluding carboxylic acids is 3. The Morgan fingerprint density at radius 1 is 0.981 bits per heavy atom. The third-order valence-electron chi connectivity index (χ3n) is 11.0. The number of ether oxygens (including phenoxy) is 1. The van der Waals surface area contributed by atoms with E-state index in [9.17, 15) is 24.3 Å². The van der Waals surface area contributed by atoms with Crippen molar-refractivity contribution in [2.75, 3.05) is 69.7 Å². The molecule has 282 valence electrons. The lowest BCUT2D eigenvalue weighted by atomic mass is 9.88. The van der Waals surface area contributed by atoms with E-state index in [0.29, 0.717) is 52.7 Å². The number of aliphatic hydroxyl groups excluding tert-OH is 1. The summed E-state index contributed by atoms with van der Waals surface area (Å²) in [5.41, 5.74) is 3.40. The van der Waals surface area contributed by atoms with Crippen LogP contribution in [0.3, 0.4) is 0 Å². The van der Waals surface area contributed by atoms with Crippen molar-refractivity contribution < 1.29 is 24.2 Å². The molecule has 2 aromatic heterocycles. The number of benzene rings is 2. The summed E-state index contributed by atoms with van der Waals surface area (Å²) in [7, 11) is 2.12. The van der Waals surface area contributed by atoms with Crippen molar-refractivity contribution in [1.82, 2.24) is 29.4 Å². The highest BCUT2D eigenvalue weighted by molar-refractivity contribution is 9.10. The van der Waals surface area contributed by atoms with Gasteiger partial charge in [-0.3, -0.25) is 38.7 Å². The van der Waals surface area contributed by atoms with Gasteiger partial charge in [-0.25, -0.2) is 4.98 Å². The van der Waals surface area contributed by atoms with Crippen molar-refractivity contribution in [3.8, 4) is 5.75 Å². The van der Waals surface area contributed by atoms with E-state index in [1.807, 2.05) is 42.5 Å². The number of pyridine rings is 1. The summed E-state index contributed by atoms with van der Waals surface area (Å²) >= 11 is 3.47. The lowest BCUT2D eigenvalue weighted by molar-refractivity contribution is -0.139. The zero-order valence-corrected chi connectivity index (χ0v) is 31.6. The number of likely N-dealkylation sites (tertiary alicyclic amines) is 1. The molecule has 4 aromatic rings. The number of imide groups is 1. The van der Waals surface area contributed by atoms with Crippen LogP contribution in [-0.2, 0) is 9.59 Å². The number of aromatic nitrogens is 2. The maximum absolute atomic E-state index is 13.3. The van der Waals surface area contributed by atoms with Gasteiger partial charge in [0.15, 0.2) is 6.23 Å². The topological polar surface area (TPSA) is 152 Å². The number of rotatable bonds is 9. The van der Waals surface area contributed by atoms with Gasteiger partial charge in [0.05, 0.1) is 0 Å². The van der Waals surface area contributed by atoms with E-state index >= 15 is 0 Å². The molecule has 0 bridgehead atoms. The fourth-order valence-electron chi connectivity index (χ4n) is 8.30. The summed E-state index contributed by atoms with van der Waals surface area (Å²) in [6, 6.07) is 18.5. The highest BCUT2D eigenvalue weighted by Crippen LogP contribution is 2.41. The highest BCUT2D eigenvalue weighted by Gasteiger charge is 2.46. The van der Waals surface area contributed by atoms with Crippen LogP contribution in [0.4, 0.5) is 11.5 Å². The van der Waals surface area contributed by atoms with Crippen molar-refractivity contribution in [3.63, 3.8) is 0 Å². The first-order valence-electron chi connectivity index (χ1n) is 18.4. The lowest BCUT2D eigenvalue weighted by Crippen LogP contribution is -2.53. The largest absolute Gasteiger partial charge is 0.492 e. The Labute approximate surface area is 320 Å². The molecule has 6 heterocycles. The van der Waals surface area contributed by atoms with Crippen LogP contribution in [-0.4, -0.2) is 118 Å². The summed E-state index contributed by atoms with van der Waals surface area (Å²) in [6.45, 7) is 6.07. The second-order valence-corrected chi connectivity index (χ2v) is 15.3. The van der Waals surface area contributed by atoms with E-state index in [2.05, 4.69) is 60.4 Å². The number of aliphatic hydroxyl groups is 1. The Bertz CT molecular complexity index is 2140. The minimum absolute atomic E-state index is 0.113. The maximum atomic E-state index is 13.3. The molecule has 3 saturated heterocycles. The molecule has 8 rings (SSSR count). The maximum Gasteiger partial charge on any atom is 0.274 e. The van der Waals surface area contributed by atoms with Crippen molar-refractivity contribution in [1.29, 1.82) is 0 Å². The quantitative estimate of drug-likeness (QED) is 0.215. The van der Waals surface area contributed by atoms with Crippen LogP contribution < -0.4 is 25.8 Å². The van der Waals surface area contributed by atoms with Crippen LogP contribution in [0.1, 0.15) is 52.9 Å². The van der Waals surface area contributed by atoms with Crippen LogP contribution in [0, 0.1) is 0 Å². The van der Waals surface area contributed by atoms with E-state index in [1.54, 1.807) is 12.3 Å². The van der Waals surface area contributed by atoms with Crippen LogP contribution in [0.15, 0.2) is 76.1 Å². The molecule has 3 N–H and O–H groups in total. The van der Waals surface area contributed by atoms with Crippen molar-refractivity contribution >= 4 is 50.8 Å². The van der Waals surface area contributed by atoms with Crippen molar-refractivity contribution in [3.05, 3.63) is 98.4 Å². The molecule has 4 atom stereocenters. The Hall–Kier alpha value is -4.83. The third-order valence-corrected chi connectivity index (χ3v) is 11.7. The molecule has 4 aliphatic rings. The molecule has 15 heteroatoms. The van der Waals surface area contributed by atoms with Gasteiger partial charge >= 0.3 is 0 Å². The highest BCUT2D eigenvalue weighted by atomic mass is 79.9. The molecular formula is C39H43BrN8O6. The first kappa shape index (κ1) is 36.2. The van der Waals surface area contributed by atoms with Gasteiger partial charge in [0.2, 0.25) is 11.8 Å². The number of halogens is 1. The Kier molecular flexibility index (Phi) is 10.1. The van der Waals surface area contributed by atoms with Gasteiger partial charge in [-0.2, -0.15) is 0 Å². The van der Waals surface area contributed by atoms with Gasteiger partial charge in [-0.1, -0.05) is 24.3 Å². The van der Waals surface area contributed by atoms with E-state index < -0.39 is 24.1 Å². The van der Waals surface area contributed by atoms with Gasteiger partial charge in [0, 0.05) is 81.3 Å². The molecule has 14 nitrogen and oxygen atoms in total. The summed E-state index contributed by atoms with van der Waals surface area (Å²) < 4.78 is 8.12. The number of fused-ring (bicyclic) bond motifs is 2. The minimum atomic E-state index is -1.26. The Morgan fingerprint density at radius 3 is 2.56 bits per heavy atom. The molecule has 0 saturated carbocycles. The molecule has 3 fully saturated rings. The van der Waals surface area contributed by atoms with E-state index in [-0.39, 0.29) is 30.3 Å². The first-order valence-corrected chi connectivity index (χ1v) is 19.2. The fraction of sp³-hybridized carbons (Fsp3) is 0.410. The Balaban J connectivity index is 0.829. The predicted octanol–water partition coefficient (Wildman–Crippen LogP) is 2.81. The summed E-state index contributed by atoms with van der Waals surface area (Å²) in [5.74, 6) is 0.370. The zero-order valence-electron chi connectivity index (χ0n) is 30.0. The molecule has 0 radical (unpaired) electrons. The fourth-order valence-corrected chi connectivity index (χ4v) is 8.69. The molecule has 4 aliphatic heterocycles. The molecule has 2 unspecified atom stereocenters. The number of piperazine rings is 1. The van der Waals surface area contributed by atoms with E-state index in [1.165, 1.54) is 14.9 Å². The van der Waals surface area contributed by atoms with Crippen LogP contribution in [0.5, 0.6) is 5.75 Å². The Morgan fingerprint density at radius 2 is 1.78 bits per heavy atom. The molecule has 2 aromatic carbocycles. The normalized spacial score (nSPS) is 23.8. The molecule has 0 spiro atoms. The van der Waals surface area contributed by atoms with Gasteiger partial charge in [0.25, 0.3) is 11.5 Å². The number of amides is 3. The number of hydrogen-bond acceptors (Lipinski definition) is 11. The monoisotopic (exact) mass is 798 g/mol. The van der Waals surface area contributed by atoms with Gasteiger partial charge in [-0.05, 0) is 83.7 Å². The zero-order chi connectivity index (χ0) is 37.5. The van der Waals surface area contributed by atoms with E-state index in [0.717, 1.165) is 50.6 Å². The average Bonchev–Trinajstić information content (AvgIpc) is 3.43. The van der Waals surface area contributed by atoms with E-state index in [4.69, 9.17) is 9.72 Å². The van der Waals surface area contributed by atoms with Gasteiger partial charge < -0.3 is 25.0 Å². The van der Waals surface area contributed by atoms with Crippen molar-refractivity contribution in [2.24, 2.45) is 0 Å². The first-order chi connectivity index (χ1) is 26.1. The molecule has 54 heavy (non-hydrogen) atoms. The number of piperidine rings is 2. The van der Waals surface area contributed by atoms with Crippen LogP contribution >= 0.6 is 15.9 Å². The standard InChI is InChI=1S/C39H43BrN8O6/c1-44-22-25(21-26(23-44)41-35-34(40)39(53)47-14-3-2-7-31(47)42-35)24-8-10-27(11-9-24)54-20-19-45-15-17-46(18-16-45)29-6-4-5-28-33(29)38(52)48(37(28)51)30-12-13-32(49)43-36(30)50/h2-11,14,25-26,30,38,41,52H,12-13,15-23H2,1H3,(H,43,49,50)/t25-,26+,30?,38?/m0/s1. The second kappa shape index (κ2) is 15.1. The number of nitrogens with one attached hydrogen (secondary N) is 2. The van der Waals surface area contributed by atoms with Gasteiger partial charge in [0.1, 0.15) is 34.3 Å². The third kappa shape index (κ3) is 7.08. The number of carbonyl (C=O) groups is 3. The number of anilines is 2. The van der Waals surface area contributed by atoms with Gasteiger partial charge in [-0.15, -0.1) is 0 Å².